The molecular weight excluding hydrogens is 406 g/mol. The molecule has 0 heterocycles. The van der Waals surface area contributed by atoms with Gasteiger partial charge in [0, 0.05) is 16.0 Å². The van der Waals surface area contributed by atoms with E-state index in [1.54, 1.807) is 0 Å². The van der Waals surface area contributed by atoms with Gasteiger partial charge in [0.25, 0.3) is 0 Å². The number of halogens is 2. The lowest BCUT2D eigenvalue weighted by Gasteiger charge is -2.13. The molecular formula is C23H21BrClN. The Balaban J connectivity index is 1.94. The van der Waals surface area contributed by atoms with Gasteiger partial charge in [-0.25, -0.2) is 0 Å². The van der Waals surface area contributed by atoms with Gasteiger partial charge >= 0.3 is 0 Å². The second-order valence-electron chi connectivity index (χ2n) is 6.47. The van der Waals surface area contributed by atoms with E-state index in [0.717, 1.165) is 16.0 Å². The molecule has 3 aromatic carbocycles. The standard InChI is InChI=1S/C23H21BrClN/c1-26(2)16-15-23(20-9-13-22(25)14-10-20)19-5-3-17(4-6-19)18-7-11-21(24)12-8-18/h3-15H,16H2,1-2H3. The van der Waals surface area contributed by atoms with Crippen LogP contribution in [0.3, 0.4) is 0 Å². The summed E-state index contributed by atoms with van der Waals surface area (Å²) in [6.45, 7) is 0.881. The van der Waals surface area contributed by atoms with Gasteiger partial charge < -0.3 is 4.90 Å². The first kappa shape index (κ1) is 18.9. The van der Waals surface area contributed by atoms with Crippen LogP contribution in [0.1, 0.15) is 11.1 Å². The first-order chi connectivity index (χ1) is 12.5. The third kappa shape index (κ3) is 4.85. The van der Waals surface area contributed by atoms with Gasteiger partial charge in [0.05, 0.1) is 0 Å². The summed E-state index contributed by atoms with van der Waals surface area (Å²) < 4.78 is 1.09. The van der Waals surface area contributed by atoms with Crippen LogP contribution in [0, 0.1) is 0 Å². The Morgan fingerprint density at radius 3 is 1.77 bits per heavy atom. The van der Waals surface area contributed by atoms with E-state index in [4.69, 9.17) is 11.6 Å². The largest absolute Gasteiger partial charge is 0.306 e. The summed E-state index contributed by atoms with van der Waals surface area (Å²) in [6.07, 6.45) is 2.26. The topological polar surface area (TPSA) is 3.24 Å². The zero-order chi connectivity index (χ0) is 18.5. The van der Waals surface area contributed by atoms with Crippen LogP contribution in [0.4, 0.5) is 0 Å². The minimum absolute atomic E-state index is 0.756. The molecule has 0 saturated heterocycles. The number of benzene rings is 3. The smallest absolute Gasteiger partial charge is 0.0406 e. The molecule has 3 aromatic rings. The van der Waals surface area contributed by atoms with Crippen molar-refractivity contribution in [3.8, 4) is 11.1 Å². The van der Waals surface area contributed by atoms with E-state index in [1.165, 1.54) is 27.8 Å². The third-order valence-corrected chi connectivity index (χ3v) is 4.97. The summed E-state index contributed by atoms with van der Waals surface area (Å²) in [4.78, 5) is 2.16. The van der Waals surface area contributed by atoms with Gasteiger partial charge in [-0.3, -0.25) is 0 Å². The molecule has 0 bridgehead atoms. The van der Waals surface area contributed by atoms with Gasteiger partial charge in [0.15, 0.2) is 0 Å². The lowest BCUT2D eigenvalue weighted by molar-refractivity contribution is 0.457. The SMILES string of the molecule is CN(C)CC=C(c1ccc(Cl)cc1)c1ccc(-c2ccc(Br)cc2)cc1. The Kier molecular flexibility index (Phi) is 6.31. The first-order valence-corrected chi connectivity index (χ1v) is 9.67. The second kappa shape index (κ2) is 8.68. The van der Waals surface area contributed by atoms with Crippen molar-refractivity contribution < 1.29 is 0 Å². The van der Waals surface area contributed by atoms with Crippen LogP contribution >= 0.6 is 27.5 Å². The number of nitrogens with zero attached hydrogens (tertiary/aromatic N) is 1. The van der Waals surface area contributed by atoms with E-state index in [0.29, 0.717) is 0 Å². The molecule has 0 amide bonds. The highest BCUT2D eigenvalue weighted by Crippen LogP contribution is 2.28. The van der Waals surface area contributed by atoms with Crippen molar-refractivity contribution in [3.63, 3.8) is 0 Å². The van der Waals surface area contributed by atoms with Crippen LogP contribution in [0.15, 0.2) is 83.3 Å². The lowest BCUT2D eigenvalue weighted by atomic mass is 9.95. The Morgan fingerprint density at radius 2 is 1.27 bits per heavy atom. The summed E-state index contributed by atoms with van der Waals surface area (Å²) in [5, 5.41) is 0.756. The molecule has 0 unspecified atom stereocenters. The van der Waals surface area contributed by atoms with Crippen molar-refractivity contribution in [1.29, 1.82) is 0 Å². The zero-order valence-electron chi connectivity index (χ0n) is 14.9. The molecule has 0 aliphatic rings. The fourth-order valence-corrected chi connectivity index (χ4v) is 3.18. The predicted molar refractivity (Wildman–Crippen MR) is 117 cm³/mol. The van der Waals surface area contributed by atoms with Crippen molar-refractivity contribution in [2.75, 3.05) is 20.6 Å². The fraction of sp³-hybridized carbons (Fsp3) is 0.130. The monoisotopic (exact) mass is 425 g/mol. The zero-order valence-corrected chi connectivity index (χ0v) is 17.3. The molecule has 3 rings (SSSR count). The highest BCUT2D eigenvalue weighted by Gasteiger charge is 2.07. The Bertz CT molecular complexity index is 879. The van der Waals surface area contributed by atoms with E-state index in [9.17, 15) is 0 Å². The summed E-state index contributed by atoms with van der Waals surface area (Å²) in [5.74, 6) is 0. The quantitative estimate of drug-likeness (QED) is 0.435. The Hall–Kier alpha value is -1.87. The van der Waals surface area contributed by atoms with Crippen molar-refractivity contribution in [3.05, 3.63) is 99.5 Å². The Labute approximate surface area is 169 Å². The molecule has 0 fully saturated rings. The van der Waals surface area contributed by atoms with Gasteiger partial charge in [0.2, 0.25) is 0 Å². The van der Waals surface area contributed by atoms with Gasteiger partial charge in [0.1, 0.15) is 0 Å². The molecule has 0 spiro atoms. The molecule has 0 aromatic heterocycles. The summed E-state index contributed by atoms with van der Waals surface area (Å²) in [6, 6.07) is 25.2. The van der Waals surface area contributed by atoms with E-state index >= 15 is 0 Å². The summed E-state index contributed by atoms with van der Waals surface area (Å²) in [7, 11) is 4.15. The number of likely N-dealkylation sites (N-methyl/N-ethyl adjacent to an activating group) is 1. The molecule has 1 nitrogen and oxygen atoms in total. The average Bonchev–Trinajstić information content (AvgIpc) is 2.64. The van der Waals surface area contributed by atoms with Crippen LogP contribution in [-0.4, -0.2) is 25.5 Å². The van der Waals surface area contributed by atoms with Gasteiger partial charge in [-0.2, -0.15) is 0 Å². The lowest BCUT2D eigenvalue weighted by Crippen LogP contribution is -2.11. The summed E-state index contributed by atoms with van der Waals surface area (Å²) >= 11 is 9.55. The number of rotatable bonds is 5. The average molecular weight is 427 g/mol. The van der Waals surface area contributed by atoms with Gasteiger partial charge in [-0.05, 0) is 66.2 Å². The number of hydrogen-bond acceptors (Lipinski definition) is 1. The van der Waals surface area contributed by atoms with Crippen LogP contribution < -0.4 is 0 Å². The Morgan fingerprint density at radius 1 is 0.808 bits per heavy atom. The normalized spacial score (nSPS) is 11.8. The molecule has 0 radical (unpaired) electrons. The van der Waals surface area contributed by atoms with Crippen molar-refractivity contribution >= 4 is 33.1 Å². The molecule has 0 atom stereocenters. The second-order valence-corrected chi connectivity index (χ2v) is 7.82. The third-order valence-electron chi connectivity index (χ3n) is 4.19. The van der Waals surface area contributed by atoms with Gasteiger partial charge in [-0.1, -0.05) is 82.1 Å². The minimum atomic E-state index is 0.756. The predicted octanol–water partition coefficient (Wildman–Crippen LogP) is 6.76. The van der Waals surface area contributed by atoms with Crippen LogP contribution in [0.2, 0.25) is 5.02 Å². The highest BCUT2D eigenvalue weighted by atomic mass is 79.9. The molecule has 26 heavy (non-hydrogen) atoms. The molecule has 0 N–H and O–H groups in total. The van der Waals surface area contributed by atoms with Crippen molar-refractivity contribution in [2.24, 2.45) is 0 Å². The van der Waals surface area contributed by atoms with Crippen LogP contribution in [-0.2, 0) is 0 Å². The maximum Gasteiger partial charge on any atom is 0.0406 e. The fourth-order valence-electron chi connectivity index (χ4n) is 2.79. The maximum absolute atomic E-state index is 6.06. The summed E-state index contributed by atoms with van der Waals surface area (Å²) in [5.41, 5.74) is 6.02. The molecule has 3 heteroatoms. The van der Waals surface area contributed by atoms with E-state index in [2.05, 4.69) is 102 Å². The molecule has 132 valence electrons. The van der Waals surface area contributed by atoms with Crippen LogP contribution in [0.5, 0.6) is 0 Å². The van der Waals surface area contributed by atoms with Crippen molar-refractivity contribution in [1.82, 2.24) is 4.90 Å². The van der Waals surface area contributed by atoms with Crippen molar-refractivity contribution in [2.45, 2.75) is 0 Å². The number of hydrogen-bond donors (Lipinski definition) is 0. The molecule has 0 aliphatic heterocycles. The van der Waals surface area contributed by atoms with E-state index in [-0.39, 0.29) is 0 Å². The molecule has 0 saturated carbocycles. The molecule has 0 aliphatic carbocycles. The first-order valence-electron chi connectivity index (χ1n) is 8.50. The van der Waals surface area contributed by atoms with E-state index in [1.807, 2.05) is 12.1 Å². The minimum Gasteiger partial charge on any atom is -0.306 e. The van der Waals surface area contributed by atoms with Gasteiger partial charge in [-0.15, -0.1) is 0 Å². The van der Waals surface area contributed by atoms with Crippen LogP contribution in [0.25, 0.3) is 16.7 Å². The maximum atomic E-state index is 6.06. The van der Waals surface area contributed by atoms with E-state index < -0.39 is 0 Å². The highest BCUT2D eigenvalue weighted by molar-refractivity contribution is 9.10.